The lowest BCUT2D eigenvalue weighted by molar-refractivity contribution is -0.110. The molecule has 1 amide bonds. The fourth-order valence-electron chi connectivity index (χ4n) is 4.62. The first-order chi connectivity index (χ1) is 17.2. The number of fused-ring (bicyclic) bond motifs is 2. The highest BCUT2D eigenvalue weighted by Crippen LogP contribution is 2.36. The van der Waals surface area contributed by atoms with E-state index >= 15 is 0 Å². The minimum absolute atomic E-state index is 0.103. The molecule has 2 aliphatic heterocycles. The van der Waals surface area contributed by atoms with Gasteiger partial charge in [0.2, 0.25) is 0 Å². The van der Waals surface area contributed by atoms with E-state index in [1.165, 1.54) is 0 Å². The van der Waals surface area contributed by atoms with Crippen molar-refractivity contribution in [3.63, 3.8) is 0 Å². The Morgan fingerprint density at radius 1 is 1.06 bits per heavy atom. The number of H-pyrrole nitrogens is 1. The first kappa shape index (κ1) is 21.6. The summed E-state index contributed by atoms with van der Waals surface area (Å²) >= 11 is 0. The van der Waals surface area contributed by atoms with Gasteiger partial charge in [0, 0.05) is 65.4 Å². The summed E-state index contributed by atoms with van der Waals surface area (Å²) in [5.74, 6) is 0.741. The Hall–Kier alpha value is -3.94. The van der Waals surface area contributed by atoms with Gasteiger partial charge in [-0.1, -0.05) is 18.2 Å². The van der Waals surface area contributed by atoms with Gasteiger partial charge in [-0.05, 0) is 48.0 Å². The molecule has 1 saturated heterocycles. The van der Waals surface area contributed by atoms with Crippen LogP contribution >= 0.6 is 0 Å². The van der Waals surface area contributed by atoms with Crippen molar-refractivity contribution < 1.29 is 14.3 Å². The number of carbonyl (C=O) groups excluding carboxylic acids is 1. The summed E-state index contributed by atoms with van der Waals surface area (Å²) in [5, 5.41) is 4.05. The Morgan fingerprint density at radius 3 is 2.83 bits per heavy atom. The lowest BCUT2D eigenvalue weighted by atomic mass is 10.0. The van der Waals surface area contributed by atoms with Crippen molar-refractivity contribution in [2.24, 2.45) is 0 Å². The summed E-state index contributed by atoms with van der Waals surface area (Å²) in [5.41, 5.74) is 6.27. The van der Waals surface area contributed by atoms with Gasteiger partial charge in [-0.25, -0.2) is 0 Å². The fraction of sp³-hybridized carbons (Fsp3) is 0.214. The number of rotatable bonds is 6. The molecule has 0 radical (unpaired) electrons. The smallest absolute Gasteiger partial charge is 0.256 e. The number of carbonyl (C=O) groups is 1. The van der Waals surface area contributed by atoms with E-state index in [1.807, 2.05) is 66.9 Å². The summed E-state index contributed by atoms with van der Waals surface area (Å²) in [6, 6.07) is 18.0. The predicted octanol–water partition coefficient (Wildman–Crippen LogP) is 4.43. The zero-order chi connectivity index (χ0) is 23.6. The highest BCUT2D eigenvalue weighted by Gasteiger charge is 2.24. The summed E-state index contributed by atoms with van der Waals surface area (Å²) in [4.78, 5) is 22.7. The van der Waals surface area contributed by atoms with Crippen molar-refractivity contribution in [1.29, 1.82) is 0 Å². The summed E-state index contributed by atoms with van der Waals surface area (Å²) in [6.07, 6.45) is 5.48. The molecule has 0 unspecified atom stereocenters. The first-order valence-electron chi connectivity index (χ1n) is 11.9. The highest BCUT2D eigenvalue weighted by molar-refractivity contribution is 6.35. The van der Waals surface area contributed by atoms with Crippen LogP contribution < -0.4 is 10.1 Å². The average molecular weight is 467 g/mol. The highest BCUT2D eigenvalue weighted by atomic mass is 16.5. The van der Waals surface area contributed by atoms with Gasteiger partial charge >= 0.3 is 0 Å². The monoisotopic (exact) mass is 466 g/mol. The standard InChI is InChI=1S/C28H26N4O3/c33-28-25(24-5-3-19(16-27(24)31-28)20-2-1-7-29-18-20)17-22-14-21-15-23(4-6-26(21)30-22)35-13-10-32-8-11-34-12-9-32/h1-7,14-18,30H,8-13H2,(H,31,33). The van der Waals surface area contributed by atoms with Crippen molar-refractivity contribution in [3.05, 3.63) is 78.2 Å². The largest absolute Gasteiger partial charge is 0.492 e. The Bertz CT molecular complexity index is 1400. The van der Waals surface area contributed by atoms with Crippen molar-refractivity contribution in [3.8, 4) is 16.9 Å². The molecule has 35 heavy (non-hydrogen) atoms. The third-order valence-corrected chi connectivity index (χ3v) is 6.49. The minimum atomic E-state index is -0.103. The Labute approximate surface area is 203 Å². The zero-order valence-electron chi connectivity index (χ0n) is 19.3. The maximum atomic E-state index is 12.8. The SMILES string of the molecule is O=C1Nc2cc(-c3cccnc3)ccc2C1=Cc1cc2cc(OCCN3CCOCC3)ccc2[nH]1. The van der Waals surface area contributed by atoms with E-state index in [1.54, 1.807) is 6.20 Å². The van der Waals surface area contributed by atoms with Crippen molar-refractivity contribution in [2.75, 3.05) is 44.8 Å². The number of amides is 1. The van der Waals surface area contributed by atoms with Crippen molar-refractivity contribution >= 4 is 34.1 Å². The second-order valence-electron chi connectivity index (χ2n) is 8.79. The van der Waals surface area contributed by atoms with Crippen molar-refractivity contribution in [1.82, 2.24) is 14.9 Å². The normalized spacial score (nSPS) is 17.0. The molecule has 6 rings (SSSR count). The van der Waals surface area contributed by atoms with Crippen LogP contribution in [0.15, 0.2) is 67.0 Å². The molecule has 2 aliphatic rings. The molecule has 0 saturated carbocycles. The number of anilines is 1. The van der Waals surface area contributed by atoms with Crippen LogP contribution in [-0.4, -0.2) is 60.2 Å². The molecule has 2 N–H and O–H groups in total. The van der Waals surface area contributed by atoms with Gasteiger partial charge in [0.05, 0.1) is 18.8 Å². The lowest BCUT2D eigenvalue weighted by Crippen LogP contribution is -2.38. The summed E-state index contributed by atoms with van der Waals surface area (Å²) < 4.78 is 11.4. The van der Waals surface area contributed by atoms with Gasteiger partial charge in [0.1, 0.15) is 12.4 Å². The molecule has 0 bridgehead atoms. The van der Waals surface area contributed by atoms with Gasteiger partial charge in [0.25, 0.3) is 5.91 Å². The number of aromatic amines is 1. The molecule has 0 spiro atoms. The fourth-order valence-corrected chi connectivity index (χ4v) is 4.62. The average Bonchev–Trinajstić information content (AvgIpc) is 3.44. The summed E-state index contributed by atoms with van der Waals surface area (Å²) in [7, 11) is 0. The van der Waals surface area contributed by atoms with E-state index in [-0.39, 0.29) is 5.91 Å². The van der Waals surface area contributed by atoms with Crippen LogP contribution in [0.3, 0.4) is 0 Å². The molecule has 0 atom stereocenters. The van der Waals surface area contributed by atoms with Gasteiger partial charge in [-0.15, -0.1) is 0 Å². The molecule has 176 valence electrons. The number of ether oxygens (including phenoxy) is 2. The van der Waals surface area contributed by atoms with Crippen LogP contribution in [0.1, 0.15) is 11.3 Å². The van der Waals surface area contributed by atoms with Gasteiger partial charge in [-0.3, -0.25) is 14.7 Å². The Morgan fingerprint density at radius 2 is 1.97 bits per heavy atom. The lowest BCUT2D eigenvalue weighted by Gasteiger charge is -2.26. The van der Waals surface area contributed by atoms with Crippen LogP contribution in [0.4, 0.5) is 5.69 Å². The molecule has 2 aromatic heterocycles. The van der Waals surface area contributed by atoms with E-state index in [0.29, 0.717) is 12.2 Å². The Kier molecular flexibility index (Phi) is 5.78. The minimum Gasteiger partial charge on any atom is -0.492 e. The molecule has 1 fully saturated rings. The van der Waals surface area contributed by atoms with Crippen LogP contribution in [-0.2, 0) is 9.53 Å². The second-order valence-corrected chi connectivity index (χ2v) is 8.79. The third kappa shape index (κ3) is 4.56. The maximum absolute atomic E-state index is 12.8. The maximum Gasteiger partial charge on any atom is 0.256 e. The Balaban J connectivity index is 1.20. The van der Waals surface area contributed by atoms with E-state index in [4.69, 9.17) is 9.47 Å². The van der Waals surface area contributed by atoms with E-state index in [9.17, 15) is 4.79 Å². The van der Waals surface area contributed by atoms with Crippen LogP contribution in [0.2, 0.25) is 0 Å². The molecule has 0 aliphatic carbocycles. The van der Waals surface area contributed by atoms with Gasteiger partial charge in [0.15, 0.2) is 0 Å². The first-order valence-corrected chi connectivity index (χ1v) is 11.9. The molecule has 2 aromatic carbocycles. The number of hydrogen-bond donors (Lipinski definition) is 2. The van der Waals surface area contributed by atoms with Crippen LogP contribution in [0.5, 0.6) is 5.75 Å². The van der Waals surface area contributed by atoms with E-state index < -0.39 is 0 Å². The zero-order valence-corrected chi connectivity index (χ0v) is 19.3. The number of morpholine rings is 1. The topological polar surface area (TPSA) is 79.5 Å². The van der Waals surface area contributed by atoms with E-state index in [2.05, 4.69) is 20.2 Å². The number of pyridine rings is 1. The second kappa shape index (κ2) is 9.37. The molecule has 7 nitrogen and oxygen atoms in total. The molecule has 7 heteroatoms. The molecular weight excluding hydrogens is 440 g/mol. The van der Waals surface area contributed by atoms with Gasteiger partial charge < -0.3 is 19.8 Å². The predicted molar refractivity (Wildman–Crippen MR) is 137 cm³/mol. The third-order valence-electron chi connectivity index (χ3n) is 6.49. The van der Waals surface area contributed by atoms with Crippen LogP contribution in [0, 0.1) is 0 Å². The van der Waals surface area contributed by atoms with E-state index in [0.717, 1.165) is 77.6 Å². The summed E-state index contributed by atoms with van der Waals surface area (Å²) in [6.45, 7) is 5.04. The van der Waals surface area contributed by atoms with Crippen molar-refractivity contribution in [2.45, 2.75) is 0 Å². The number of aromatic nitrogens is 2. The molecular formula is C28H26N4O3. The number of nitrogens with zero attached hydrogens (tertiary/aromatic N) is 2. The number of hydrogen-bond acceptors (Lipinski definition) is 5. The number of benzene rings is 2. The molecule has 4 heterocycles. The van der Waals surface area contributed by atoms with Gasteiger partial charge in [-0.2, -0.15) is 0 Å². The number of nitrogens with one attached hydrogen (secondary N) is 2. The van der Waals surface area contributed by atoms with Crippen LogP contribution in [0.25, 0.3) is 33.7 Å². The quantitative estimate of drug-likeness (QED) is 0.411. The molecule has 4 aromatic rings.